The zero-order chi connectivity index (χ0) is 22.3. The minimum absolute atomic E-state index is 0.0907. The van der Waals surface area contributed by atoms with Crippen LogP contribution in [0.3, 0.4) is 0 Å². The number of nitrogens with zero attached hydrogens (tertiary/aromatic N) is 1. The number of rotatable bonds is 5. The molecule has 0 radical (unpaired) electrons. The quantitative estimate of drug-likeness (QED) is 0.669. The smallest absolute Gasteiger partial charge is 0.262 e. The molecule has 8 heteroatoms. The van der Waals surface area contributed by atoms with Crippen molar-refractivity contribution >= 4 is 39.1 Å². The molecule has 2 amide bonds. The first-order chi connectivity index (χ1) is 14.7. The molecule has 2 aromatic rings. The molecule has 1 aliphatic heterocycles. The Kier molecular flexibility index (Phi) is 5.83. The normalized spacial score (nSPS) is 21.3. The van der Waals surface area contributed by atoms with Crippen molar-refractivity contribution in [3.8, 4) is 0 Å². The number of carbonyl (C=O) groups excluding carboxylic acids is 2. The van der Waals surface area contributed by atoms with Crippen LogP contribution in [0.2, 0.25) is 5.02 Å². The molecule has 1 saturated heterocycles. The fourth-order valence-corrected chi connectivity index (χ4v) is 6.20. The van der Waals surface area contributed by atoms with Crippen LogP contribution in [-0.4, -0.2) is 25.1 Å². The lowest BCUT2D eigenvalue weighted by atomic mass is 9.81. The van der Waals surface area contributed by atoms with Crippen LogP contribution < -0.4 is 4.72 Å². The van der Waals surface area contributed by atoms with Crippen LogP contribution in [-0.2, 0) is 26.2 Å². The SMILES string of the molecule is Cc1cc(Cl)ccc1NS(=O)(=O)c1cc(CN2C(=O)C3CCCCC3C2=O)ccc1C. The van der Waals surface area contributed by atoms with Gasteiger partial charge < -0.3 is 0 Å². The molecule has 2 aromatic carbocycles. The standard InChI is InChI=1S/C23H25ClN2O4S/c1-14-7-8-16(13-26-22(27)18-5-3-4-6-19(18)23(26)28)12-21(14)31(29,30)25-20-10-9-17(24)11-15(20)2/h7-12,18-19,25H,3-6,13H2,1-2H3. The summed E-state index contributed by atoms with van der Waals surface area (Å²) in [6.45, 7) is 3.58. The van der Waals surface area contributed by atoms with Gasteiger partial charge in [-0.2, -0.15) is 0 Å². The Labute approximate surface area is 187 Å². The van der Waals surface area contributed by atoms with Crippen molar-refractivity contribution in [3.05, 3.63) is 58.1 Å². The van der Waals surface area contributed by atoms with Gasteiger partial charge in [-0.15, -0.1) is 0 Å². The molecule has 1 saturated carbocycles. The molecule has 1 N–H and O–H groups in total. The molecular formula is C23H25ClN2O4S. The van der Waals surface area contributed by atoms with Gasteiger partial charge in [0, 0.05) is 5.02 Å². The van der Waals surface area contributed by atoms with E-state index in [1.165, 1.54) is 4.90 Å². The van der Waals surface area contributed by atoms with E-state index in [0.717, 1.165) is 25.7 Å². The summed E-state index contributed by atoms with van der Waals surface area (Å²) in [6, 6.07) is 9.96. The molecule has 0 spiro atoms. The number of hydrogen-bond donors (Lipinski definition) is 1. The molecule has 31 heavy (non-hydrogen) atoms. The summed E-state index contributed by atoms with van der Waals surface area (Å²) in [5.41, 5.74) is 2.35. The largest absolute Gasteiger partial charge is 0.279 e. The predicted molar refractivity (Wildman–Crippen MR) is 119 cm³/mol. The summed E-state index contributed by atoms with van der Waals surface area (Å²) in [5.74, 6) is -0.696. The number of likely N-dealkylation sites (tertiary alicyclic amines) is 1. The van der Waals surface area contributed by atoms with Crippen molar-refractivity contribution in [2.45, 2.75) is 51.0 Å². The van der Waals surface area contributed by atoms with E-state index in [1.807, 2.05) is 0 Å². The van der Waals surface area contributed by atoms with E-state index < -0.39 is 10.0 Å². The van der Waals surface area contributed by atoms with Gasteiger partial charge >= 0.3 is 0 Å². The molecule has 2 unspecified atom stereocenters. The summed E-state index contributed by atoms with van der Waals surface area (Å²) in [6.07, 6.45) is 3.45. The lowest BCUT2D eigenvalue weighted by Gasteiger charge is -2.19. The second-order valence-electron chi connectivity index (χ2n) is 8.42. The lowest BCUT2D eigenvalue weighted by Crippen LogP contribution is -2.30. The zero-order valence-corrected chi connectivity index (χ0v) is 19.1. The van der Waals surface area contributed by atoms with Crippen LogP contribution in [0, 0.1) is 25.7 Å². The van der Waals surface area contributed by atoms with Crippen molar-refractivity contribution in [1.82, 2.24) is 4.90 Å². The first-order valence-corrected chi connectivity index (χ1v) is 12.3. The number of amides is 2. The van der Waals surface area contributed by atoms with E-state index in [2.05, 4.69) is 4.72 Å². The first kappa shape index (κ1) is 21.8. The minimum Gasteiger partial charge on any atom is -0.279 e. The van der Waals surface area contributed by atoms with Crippen molar-refractivity contribution in [1.29, 1.82) is 0 Å². The van der Waals surface area contributed by atoms with E-state index in [4.69, 9.17) is 11.6 Å². The molecular weight excluding hydrogens is 436 g/mol. The van der Waals surface area contributed by atoms with Gasteiger partial charge in [-0.05, 0) is 67.6 Å². The third-order valence-electron chi connectivity index (χ3n) is 6.25. The third-order valence-corrected chi connectivity index (χ3v) is 7.99. The van der Waals surface area contributed by atoms with Gasteiger partial charge in [0.25, 0.3) is 10.0 Å². The van der Waals surface area contributed by atoms with Gasteiger partial charge in [-0.25, -0.2) is 8.42 Å². The maximum Gasteiger partial charge on any atom is 0.262 e. The molecule has 2 atom stereocenters. The van der Waals surface area contributed by atoms with Crippen LogP contribution in [0.1, 0.15) is 42.4 Å². The molecule has 2 aliphatic rings. The second-order valence-corrected chi connectivity index (χ2v) is 10.5. The highest BCUT2D eigenvalue weighted by atomic mass is 35.5. The summed E-state index contributed by atoms with van der Waals surface area (Å²) >= 11 is 5.96. The maximum absolute atomic E-state index is 13.1. The van der Waals surface area contributed by atoms with E-state index in [9.17, 15) is 18.0 Å². The Morgan fingerprint density at radius 3 is 2.23 bits per heavy atom. The van der Waals surface area contributed by atoms with Crippen molar-refractivity contribution in [2.75, 3.05) is 4.72 Å². The van der Waals surface area contributed by atoms with Crippen LogP contribution in [0.4, 0.5) is 5.69 Å². The average molecular weight is 461 g/mol. The fourth-order valence-electron chi connectivity index (χ4n) is 4.54. The van der Waals surface area contributed by atoms with Crippen molar-refractivity contribution in [3.63, 3.8) is 0 Å². The van der Waals surface area contributed by atoms with Crippen LogP contribution in [0.25, 0.3) is 0 Å². The van der Waals surface area contributed by atoms with Crippen LogP contribution in [0.5, 0.6) is 0 Å². The Balaban J connectivity index is 1.60. The highest BCUT2D eigenvalue weighted by molar-refractivity contribution is 7.92. The lowest BCUT2D eigenvalue weighted by molar-refractivity contribution is -0.140. The van der Waals surface area contributed by atoms with E-state index in [0.29, 0.717) is 27.4 Å². The monoisotopic (exact) mass is 460 g/mol. The fraction of sp³-hybridized carbons (Fsp3) is 0.391. The zero-order valence-electron chi connectivity index (χ0n) is 17.5. The van der Waals surface area contributed by atoms with Gasteiger partial charge in [0.1, 0.15) is 0 Å². The Morgan fingerprint density at radius 1 is 0.968 bits per heavy atom. The molecule has 4 rings (SSSR count). The summed E-state index contributed by atoms with van der Waals surface area (Å²) < 4.78 is 28.8. The predicted octanol–water partition coefficient (Wildman–Crippen LogP) is 4.43. The van der Waals surface area contributed by atoms with E-state index in [-0.39, 0.29) is 35.1 Å². The third kappa shape index (κ3) is 4.21. The number of sulfonamides is 1. The van der Waals surface area contributed by atoms with Gasteiger partial charge in [-0.3, -0.25) is 19.2 Å². The maximum atomic E-state index is 13.1. The number of fused-ring (bicyclic) bond motifs is 1. The van der Waals surface area contributed by atoms with Crippen molar-refractivity contribution in [2.24, 2.45) is 11.8 Å². The number of imide groups is 1. The number of halogens is 1. The Morgan fingerprint density at radius 2 is 1.61 bits per heavy atom. The van der Waals surface area contributed by atoms with E-state index >= 15 is 0 Å². The Hall–Kier alpha value is -2.38. The molecule has 1 heterocycles. The van der Waals surface area contributed by atoms with Gasteiger partial charge in [0.05, 0.1) is 29.0 Å². The number of hydrogen-bond acceptors (Lipinski definition) is 4. The number of carbonyl (C=O) groups is 2. The number of benzene rings is 2. The number of anilines is 1. The molecule has 0 aromatic heterocycles. The summed E-state index contributed by atoms with van der Waals surface area (Å²) in [4.78, 5) is 27.0. The van der Waals surface area contributed by atoms with Crippen LogP contribution >= 0.6 is 11.6 Å². The molecule has 6 nitrogen and oxygen atoms in total. The van der Waals surface area contributed by atoms with Crippen molar-refractivity contribution < 1.29 is 18.0 Å². The number of nitrogens with one attached hydrogen (secondary N) is 1. The average Bonchev–Trinajstić information content (AvgIpc) is 2.96. The first-order valence-electron chi connectivity index (χ1n) is 10.4. The Bertz CT molecular complexity index is 1140. The summed E-state index contributed by atoms with van der Waals surface area (Å²) in [5, 5.41) is 0.527. The topological polar surface area (TPSA) is 83.6 Å². The highest BCUT2D eigenvalue weighted by Crippen LogP contribution is 2.38. The molecule has 1 aliphatic carbocycles. The van der Waals surface area contributed by atoms with Crippen LogP contribution in [0.15, 0.2) is 41.3 Å². The van der Waals surface area contributed by atoms with Gasteiger partial charge in [0.15, 0.2) is 0 Å². The van der Waals surface area contributed by atoms with Gasteiger partial charge in [-0.1, -0.05) is 36.6 Å². The van der Waals surface area contributed by atoms with E-state index in [1.54, 1.807) is 50.2 Å². The molecule has 0 bridgehead atoms. The number of aryl methyl sites for hydroxylation is 2. The molecule has 164 valence electrons. The highest BCUT2D eigenvalue weighted by Gasteiger charge is 2.47. The van der Waals surface area contributed by atoms with Gasteiger partial charge in [0.2, 0.25) is 11.8 Å². The summed E-state index contributed by atoms with van der Waals surface area (Å²) in [7, 11) is -3.86. The molecule has 2 fully saturated rings. The minimum atomic E-state index is -3.86. The second kappa shape index (κ2) is 8.28.